The molecule has 4 aromatic rings. The van der Waals surface area contributed by atoms with Crippen LogP contribution >= 0.6 is 33.3 Å². The number of amides is 12. The molecule has 35 heteroatoms. The molecule has 540 valence electrons. The summed E-state index contributed by atoms with van der Waals surface area (Å²) in [4.78, 5) is 193. The summed E-state index contributed by atoms with van der Waals surface area (Å²) in [6, 6.07) is 7.24. The van der Waals surface area contributed by atoms with Gasteiger partial charge in [-0.3, -0.25) is 67.1 Å². The Balaban J connectivity index is 1.57. The molecule has 2 unspecified atom stereocenters. The maximum Gasteiger partial charge on any atom is 0.305 e. The second-order valence-corrected chi connectivity index (χ2v) is 27.1. The van der Waals surface area contributed by atoms with Crippen molar-refractivity contribution in [1.29, 1.82) is 0 Å². The third kappa shape index (κ3) is 27.3. The van der Waals surface area contributed by atoms with Crippen molar-refractivity contribution in [2.24, 2.45) is 17.4 Å². The van der Waals surface area contributed by atoms with Crippen molar-refractivity contribution in [3.8, 4) is 17.2 Å². The third-order valence-electron chi connectivity index (χ3n) is 15.2. The van der Waals surface area contributed by atoms with Crippen LogP contribution in [0.25, 0.3) is 0 Å². The fourth-order valence-corrected chi connectivity index (χ4v) is 12.5. The summed E-state index contributed by atoms with van der Waals surface area (Å²) in [6.07, 6.45) is -1.51. The Labute approximate surface area is 586 Å². The Kier molecular flexibility index (Phi) is 32.3. The Morgan fingerprint density at radius 3 is 1.63 bits per heavy atom. The highest BCUT2D eigenvalue weighted by molar-refractivity contribution is 8.76. The van der Waals surface area contributed by atoms with E-state index in [0.29, 0.717) is 22.3 Å². The van der Waals surface area contributed by atoms with Crippen LogP contribution < -0.4 is 70.0 Å². The van der Waals surface area contributed by atoms with Gasteiger partial charge in [-0.05, 0) is 96.3 Å². The number of aromatic hydroxyl groups is 3. The largest absolute Gasteiger partial charge is 0.508 e. The first-order valence-corrected chi connectivity index (χ1v) is 35.2. The summed E-state index contributed by atoms with van der Waals surface area (Å²) in [6.45, 7) is 3.47. The summed E-state index contributed by atoms with van der Waals surface area (Å²) in [5, 5.41) is 77.0. The molecular formula is C65H83N13O19S3. The number of thioether (sulfide) groups is 1. The maximum absolute atomic E-state index is 15.0. The van der Waals surface area contributed by atoms with E-state index in [-0.39, 0.29) is 55.1 Å². The highest BCUT2D eigenvalue weighted by atomic mass is 33.1. The number of carboxylic acids is 2. The van der Waals surface area contributed by atoms with E-state index in [1.807, 2.05) is 0 Å². The van der Waals surface area contributed by atoms with Gasteiger partial charge in [-0.1, -0.05) is 102 Å². The lowest BCUT2D eigenvalue weighted by Crippen LogP contribution is -2.61. The van der Waals surface area contributed by atoms with Crippen molar-refractivity contribution >= 4 is 116 Å². The van der Waals surface area contributed by atoms with E-state index >= 15 is 4.79 Å². The summed E-state index contributed by atoms with van der Waals surface area (Å²) in [5.41, 5.74) is 13.5. The average molecular weight is 1450 g/mol. The predicted molar refractivity (Wildman–Crippen MR) is 368 cm³/mol. The van der Waals surface area contributed by atoms with Gasteiger partial charge in [0.05, 0.1) is 25.4 Å². The number of hydrogen-bond acceptors (Lipinski definition) is 21. The smallest absolute Gasteiger partial charge is 0.305 e. The first-order valence-electron chi connectivity index (χ1n) is 31.3. The van der Waals surface area contributed by atoms with Crippen molar-refractivity contribution in [3.05, 3.63) is 125 Å². The third-order valence-corrected chi connectivity index (χ3v) is 18.3. The van der Waals surface area contributed by atoms with Crippen LogP contribution in [0, 0.1) is 5.92 Å². The number of carboxylic acid groups (broad SMARTS) is 2. The Bertz CT molecular complexity index is 3540. The van der Waals surface area contributed by atoms with Crippen LogP contribution in [0.15, 0.2) is 103 Å². The van der Waals surface area contributed by atoms with Gasteiger partial charge in [-0.2, -0.15) is 11.8 Å². The average Bonchev–Trinajstić information content (AvgIpc) is 0.898. The van der Waals surface area contributed by atoms with Gasteiger partial charge >= 0.3 is 11.9 Å². The van der Waals surface area contributed by atoms with Gasteiger partial charge in [0.25, 0.3) is 0 Å². The summed E-state index contributed by atoms with van der Waals surface area (Å²) in [5.74, 6) is -17.3. The second-order valence-electron chi connectivity index (χ2n) is 23.6. The van der Waals surface area contributed by atoms with Crippen LogP contribution in [0.4, 0.5) is 0 Å². The number of hydrogen-bond donors (Lipinski definition) is 18. The molecule has 0 aromatic heterocycles. The number of carbonyl (C=O) groups excluding carboxylic acids is 12. The zero-order valence-corrected chi connectivity index (χ0v) is 57.3. The van der Waals surface area contributed by atoms with Crippen LogP contribution in [0.1, 0.15) is 62.3 Å². The van der Waals surface area contributed by atoms with E-state index in [4.69, 9.17) is 11.5 Å². The molecule has 32 nitrogen and oxygen atoms in total. The van der Waals surface area contributed by atoms with Gasteiger partial charge in [0.1, 0.15) is 77.7 Å². The van der Waals surface area contributed by atoms with Gasteiger partial charge in [0, 0.05) is 30.8 Å². The molecule has 0 aliphatic carbocycles. The fraction of sp³-hybridized carbons (Fsp3) is 0.415. The molecule has 12 amide bonds. The molecule has 1 aliphatic rings. The van der Waals surface area contributed by atoms with E-state index < -0.39 is 186 Å². The molecule has 0 spiro atoms. The van der Waals surface area contributed by atoms with Crippen LogP contribution in [0.5, 0.6) is 17.2 Å². The number of rotatable bonds is 27. The highest BCUT2D eigenvalue weighted by Gasteiger charge is 2.37. The normalized spacial score (nSPS) is 19.9. The van der Waals surface area contributed by atoms with Crippen molar-refractivity contribution < 1.29 is 92.7 Å². The topological polar surface area (TPSA) is 524 Å². The maximum atomic E-state index is 15.0. The van der Waals surface area contributed by atoms with Crippen LogP contribution in [-0.2, 0) is 92.8 Å². The molecular weight excluding hydrogens is 1360 g/mol. The number of phenolic OH excluding ortho intramolecular Hbond substituents is 3. The predicted octanol–water partition coefficient (Wildman–Crippen LogP) is -2.38. The van der Waals surface area contributed by atoms with Gasteiger partial charge in [0.2, 0.25) is 70.9 Å². The molecule has 0 bridgehead atoms. The summed E-state index contributed by atoms with van der Waals surface area (Å²) >= 11 is 1.24. The van der Waals surface area contributed by atoms with Gasteiger partial charge in [-0.15, -0.1) is 0 Å². The van der Waals surface area contributed by atoms with Gasteiger partial charge in [0.15, 0.2) is 0 Å². The molecule has 5 rings (SSSR count). The Morgan fingerprint density at radius 2 is 1.07 bits per heavy atom. The number of aliphatic carboxylic acids is 2. The quantitative estimate of drug-likeness (QED) is 0.0277. The fourth-order valence-electron chi connectivity index (χ4n) is 9.73. The van der Waals surface area contributed by atoms with Crippen molar-refractivity contribution in [2.45, 2.75) is 132 Å². The monoisotopic (exact) mass is 1450 g/mol. The molecule has 20 N–H and O–H groups in total. The zero-order chi connectivity index (χ0) is 73.8. The van der Waals surface area contributed by atoms with Crippen LogP contribution in [0.2, 0.25) is 0 Å². The lowest BCUT2D eigenvalue weighted by Gasteiger charge is -2.28. The SMILES string of the molecule is CSCC[C@H](NC(=O)[C@H](Cc1ccc(O)cc1)NC(=O)C1CSSCC(NC(=O)[C@@H](N)Cc2ccc(O)cc2)C(=O)N[C@@H](CC(=O)O)C(=O)NCC(=O)N[C@@H](Cc2ccccc2)C(=O)N[C@@H](Cc2ccc(O)cc2)C(=O)N[C@@H](C)C(=O)N1)C(=O)N[C@@H](CC(=O)O)C(=O)N[C@H](C(N)=O)C(C)C. The number of carbonyl (C=O) groups is 14. The lowest BCUT2D eigenvalue weighted by atomic mass is 10.0. The number of phenols is 3. The molecule has 1 heterocycles. The highest BCUT2D eigenvalue weighted by Crippen LogP contribution is 2.24. The Morgan fingerprint density at radius 1 is 0.560 bits per heavy atom. The van der Waals surface area contributed by atoms with Crippen LogP contribution in [-0.4, -0.2) is 205 Å². The van der Waals surface area contributed by atoms with E-state index in [0.717, 1.165) is 21.6 Å². The minimum absolute atomic E-state index is 0.0811. The van der Waals surface area contributed by atoms with Crippen molar-refractivity contribution in [1.82, 2.24) is 58.5 Å². The minimum atomic E-state index is -1.93. The van der Waals surface area contributed by atoms with Crippen molar-refractivity contribution in [3.63, 3.8) is 0 Å². The van der Waals surface area contributed by atoms with E-state index in [9.17, 15) is 87.9 Å². The van der Waals surface area contributed by atoms with Crippen molar-refractivity contribution in [2.75, 3.05) is 30.1 Å². The molecule has 11 atom stereocenters. The number of nitrogens with two attached hydrogens (primary N) is 2. The molecule has 0 saturated carbocycles. The molecule has 1 aliphatic heterocycles. The van der Waals surface area contributed by atoms with Gasteiger partial charge in [-0.25, -0.2) is 0 Å². The van der Waals surface area contributed by atoms with E-state index in [2.05, 4.69) is 58.5 Å². The summed E-state index contributed by atoms with van der Waals surface area (Å²) in [7, 11) is 1.59. The molecule has 4 aromatic carbocycles. The standard InChI is InChI=1S/C65H83N13O19S3/c1-33(2)54(55(67)87)78-63(95)48(29-53(85)86)75-59(91)43(22-23-98-4)71-62(94)46(27-38-14-20-41(81)21-15-38)73-64(96)49-31-99-100-32-50(77-57(89)42(66)24-36-10-16-39(79)17-11-36)65(97)74-47(28-52(83)84)58(90)68-30-51(82)70-44(25-35-8-6-5-7-9-35)61(93)72-45(26-37-12-18-40(80)19-13-37)60(92)69-34(3)56(88)76-49/h5-21,33-34,42-50,54,79-81H,22-32,66H2,1-4H3,(H2,67,87)(H,68,90)(H,69,92)(H,70,82)(H,71,94)(H,72,93)(H,73,96)(H,74,97)(H,75,91)(H,76,88)(H,77,89)(H,78,95)(H,83,84)(H,85,86)/t34-,42-,43-,44-,45-,46-,47-,48-,49?,50?,54-/m0/s1. The number of benzene rings is 4. The second kappa shape index (κ2) is 40.1. The van der Waals surface area contributed by atoms with E-state index in [1.165, 1.54) is 91.5 Å². The Hall–Kier alpha value is -10.1. The number of primary amides is 1. The first kappa shape index (κ1) is 80.6. The lowest BCUT2D eigenvalue weighted by molar-refractivity contribution is -0.142. The van der Waals surface area contributed by atoms with E-state index in [1.54, 1.807) is 50.4 Å². The molecule has 100 heavy (non-hydrogen) atoms. The van der Waals surface area contributed by atoms with Crippen LogP contribution in [0.3, 0.4) is 0 Å². The zero-order valence-electron chi connectivity index (χ0n) is 54.9. The first-order chi connectivity index (χ1) is 47.4. The summed E-state index contributed by atoms with van der Waals surface area (Å²) < 4.78 is 0. The van der Waals surface area contributed by atoms with Gasteiger partial charge < -0.3 is 95.5 Å². The molecule has 1 saturated heterocycles. The number of nitrogens with one attached hydrogen (secondary N) is 11. The molecule has 1 fully saturated rings. The molecule has 0 radical (unpaired) electrons. The minimum Gasteiger partial charge on any atom is -0.508 e.